The summed E-state index contributed by atoms with van der Waals surface area (Å²) in [5.74, 6) is 1.10. The average molecular weight is 387 g/mol. The van der Waals surface area contributed by atoms with Crippen LogP contribution < -0.4 is 0 Å². The number of sulfonamides is 1. The molecule has 10 heteroatoms. The Morgan fingerprint density at radius 1 is 1.26 bits per heavy atom. The second-order valence-corrected chi connectivity index (χ2v) is 8.33. The number of hydrogen-bond acceptors (Lipinski definition) is 6. The molecule has 4 rings (SSSR count). The van der Waals surface area contributed by atoms with Gasteiger partial charge in [-0.25, -0.2) is 13.4 Å². The zero-order valence-electron chi connectivity index (χ0n) is 15.0. The van der Waals surface area contributed by atoms with Crippen molar-refractivity contribution in [3.8, 4) is 11.4 Å². The lowest BCUT2D eigenvalue weighted by atomic mass is 10.0. The first-order valence-electron chi connectivity index (χ1n) is 8.96. The molecule has 1 aliphatic heterocycles. The Hall–Kier alpha value is -2.59. The third kappa shape index (κ3) is 3.37. The number of aromatic amines is 1. The number of hydrogen-bond donors (Lipinski definition) is 1. The van der Waals surface area contributed by atoms with Crippen LogP contribution in [0.2, 0.25) is 0 Å². The Labute approximate surface area is 157 Å². The van der Waals surface area contributed by atoms with Gasteiger partial charge in [-0.15, -0.1) is 0 Å². The lowest BCUT2D eigenvalue weighted by Crippen LogP contribution is -2.38. The average Bonchev–Trinajstić information content (AvgIpc) is 3.39. The van der Waals surface area contributed by atoms with Gasteiger partial charge in [-0.1, -0.05) is 6.42 Å². The Bertz CT molecular complexity index is 1010. The van der Waals surface area contributed by atoms with Gasteiger partial charge in [0, 0.05) is 37.2 Å². The van der Waals surface area contributed by atoms with E-state index in [9.17, 15) is 8.42 Å². The maximum atomic E-state index is 13.2. The van der Waals surface area contributed by atoms with E-state index < -0.39 is 10.0 Å². The van der Waals surface area contributed by atoms with Crippen LogP contribution in [0, 0.1) is 0 Å². The minimum Gasteiger partial charge on any atom is -0.272 e. The predicted octanol–water partition coefficient (Wildman–Crippen LogP) is 2.00. The molecule has 0 aliphatic carbocycles. The van der Waals surface area contributed by atoms with Crippen molar-refractivity contribution in [1.82, 2.24) is 34.3 Å². The van der Waals surface area contributed by atoms with E-state index in [2.05, 4.69) is 25.3 Å². The lowest BCUT2D eigenvalue weighted by molar-refractivity contribution is 0.247. The molecule has 27 heavy (non-hydrogen) atoms. The van der Waals surface area contributed by atoms with Gasteiger partial charge in [0.1, 0.15) is 10.7 Å². The van der Waals surface area contributed by atoms with Crippen LogP contribution in [0.3, 0.4) is 0 Å². The summed E-state index contributed by atoms with van der Waals surface area (Å²) in [7, 11) is -3.65. The molecule has 3 aromatic rings. The summed E-state index contributed by atoms with van der Waals surface area (Å²) in [6, 6.07) is 3.28. The maximum Gasteiger partial charge on any atom is 0.246 e. The molecule has 0 aromatic carbocycles. The Morgan fingerprint density at radius 2 is 2.07 bits per heavy atom. The first-order chi connectivity index (χ1) is 13.1. The number of nitrogens with one attached hydrogen (secondary N) is 1. The van der Waals surface area contributed by atoms with Crippen molar-refractivity contribution in [2.75, 3.05) is 6.54 Å². The minimum atomic E-state index is -3.65. The second-order valence-electron chi connectivity index (χ2n) is 6.44. The van der Waals surface area contributed by atoms with Gasteiger partial charge in [0.05, 0.1) is 12.2 Å². The molecule has 0 bridgehead atoms. The first-order valence-corrected chi connectivity index (χ1v) is 10.4. The summed E-state index contributed by atoms with van der Waals surface area (Å²) in [5.41, 5.74) is 0.835. The molecule has 1 saturated heterocycles. The summed E-state index contributed by atoms with van der Waals surface area (Å²) < 4.78 is 29.5. The molecule has 1 N–H and O–H groups in total. The van der Waals surface area contributed by atoms with Crippen LogP contribution in [0.1, 0.15) is 38.1 Å². The highest BCUT2D eigenvalue weighted by Crippen LogP contribution is 2.34. The fraction of sp³-hybridized carbons (Fsp3) is 0.412. The summed E-state index contributed by atoms with van der Waals surface area (Å²) in [4.78, 5) is 8.77. The van der Waals surface area contributed by atoms with E-state index in [0.717, 1.165) is 18.4 Å². The lowest BCUT2D eigenvalue weighted by Gasteiger charge is -2.32. The highest BCUT2D eigenvalue weighted by Gasteiger charge is 2.37. The molecule has 142 valence electrons. The van der Waals surface area contributed by atoms with Gasteiger partial charge in [-0.05, 0) is 31.9 Å². The van der Waals surface area contributed by atoms with E-state index in [4.69, 9.17) is 0 Å². The first kappa shape index (κ1) is 17.8. The number of aromatic nitrogens is 6. The smallest absolute Gasteiger partial charge is 0.246 e. The molecule has 9 nitrogen and oxygen atoms in total. The molecular weight excluding hydrogens is 366 g/mol. The van der Waals surface area contributed by atoms with Gasteiger partial charge in [0.25, 0.3) is 0 Å². The van der Waals surface area contributed by atoms with Crippen molar-refractivity contribution in [2.24, 2.45) is 0 Å². The Morgan fingerprint density at radius 3 is 2.81 bits per heavy atom. The van der Waals surface area contributed by atoms with E-state index in [1.165, 1.54) is 10.5 Å². The predicted molar refractivity (Wildman–Crippen MR) is 98.0 cm³/mol. The van der Waals surface area contributed by atoms with Crippen molar-refractivity contribution in [3.05, 3.63) is 42.7 Å². The summed E-state index contributed by atoms with van der Waals surface area (Å²) in [5, 5.41) is 11.3. The molecule has 0 spiro atoms. The van der Waals surface area contributed by atoms with Gasteiger partial charge < -0.3 is 0 Å². The monoisotopic (exact) mass is 387 g/mol. The summed E-state index contributed by atoms with van der Waals surface area (Å²) in [6.07, 6.45) is 8.80. The van der Waals surface area contributed by atoms with Crippen LogP contribution in [-0.4, -0.2) is 49.2 Å². The fourth-order valence-corrected chi connectivity index (χ4v) is 4.92. The quantitative estimate of drug-likeness (QED) is 0.717. The molecular formula is C17H21N7O2S. The van der Waals surface area contributed by atoms with E-state index >= 15 is 0 Å². The molecule has 0 amide bonds. The maximum absolute atomic E-state index is 13.2. The zero-order valence-corrected chi connectivity index (χ0v) is 15.8. The van der Waals surface area contributed by atoms with Gasteiger partial charge in [-0.2, -0.15) is 14.5 Å². The molecule has 0 radical (unpaired) electrons. The largest absolute Gasteiger partial charge is 0.272 e. The van der Waals surface area contributed by atoms with Gasteiger partial charge >= 0.3 is 0 Å². The van der Waals surface area contributed by atoms with Crippen molar-refractivity contribution in [1.29, 1.82) is 0 Å². The van der Waals surface area contributed by atoms with Gasteiger partial charge in [0.2, 0.25) is 10.0 Å². The van der Waals surface area contributed by atoms with E-state index in [1.54, 1.807) is 23.3 Å². The Balaban J connectivity index is 1.66. The number of rotatable bonds is 5. The minimum absolute atomic E-state index is 0.213. The SMILES string of the molecule is CCn1cc(S(=O)(=O)N2CCCCC2c2nc(-c3ccncc3)n[nH]2)cn1. The van der Waals surface area contributed by atoms with Crippen LogP contribution in [0.25, 0.3) is 11.4 Å². The molecule has 3 aromatic heterocycles. The number of pyridine rings is 1. The van der Waals surface area contributed by atoms with Crippen LogP contribution >= 0.6 is 0 Å². The molecule has 4 heterocycles. The van der Waals surface area contributed by atoms with Gasteiger partial charge in [-0.3, -0.25) is 14.8 Å². The van der Waals surface area contributed by atoms with E-state index in [-0.39, 0.29) is 10.9 Å². The van der Waals surface area contributed by atoms with Crippen molar-refractivity contribution < 1.29 is 8.42 Å². The number of aryl methyl sites for hydroxylation is 1. The molecule has 1 fully saturated rings. The standard InChI is InChI=1S/C17H21N7O2S/c1-2-23-12-14(11-19-23)27(25,26)24-10-4-3-5-15(24)17-20-16(21-22-17)13-6-8-18-9-7-13/h6-9,11-12,15H,2-5,10H2,1H3,(H,20,21,22). The van der Waals surface area contributed by atoms with Crippen LogP contribution in [0.4, 0.5) is 0 Å². The molecule has 1 aliphatic rings. The number of piperidine rings is 1. The topological polar surface area (TPSA) is 110 Å². The highest BCUT2D eigenvalue weighted by atomic mass is 32.2. The van der Waals surface area contributed by atoms with Crippen molar-refractivity contribution >= 4 is 10.0 Å². The van der Waals surface area contributed by atoms with E-state index in [0.29, 0.717) is 31.2 Å². The van der Waals surface area contributed by atoms with E-state index in [1.807, 2.05) is 19.1 Å². The van der Waals surface area contributed by atoms with Crippen molar-refractivity contribution in [3.63, 3.8) is 0 Å². The number of nitrogens with zero attached hydrogens (tertiary/aromatic N) is 6. The Kier molecular flexibility index (Phi) is 4.75. The molecule has 1 unspecified atom stereocenters. The third-order valence-electron chi connectivity index (χ3n) is 4.75. The molecule has 0 saturated carbocycles. The zero-order chi connectivity index (χ0) is 18.9. The van der Waals surface area contributed by atoms with Crippen LogP contribution in [-0.2, 0) is 16.6 Å². The molecule has 1 atom stereocenters. The van der Waals surface area contributed by atoms with Crippen molar-refractivity contribution in [2.45, 2.75) is 43.7 Å². The summed E-state index contributed by atoms with van der Waals surface area (Å²) in [6.45, 7) is 2.99. The van der Waals surface area contributed by atoms with Crippen LogP contribution in [0.5, 0.6) is 0 Å². The second kappa shape index (κ2) is 7.20. The normalized spacial score (nSPS) is 18.6. The summed E-state index contributed by atoms with van der Waals surface area (Å²) >= 11 is 0. The third-order valence-corrected chi connectivity index (χ3v) is 6.61. The fourth-order valence-electron chi connectivity index (χ4n) is 3.31. The highest BCUT2D eigenvalue weighted by molar-refractivity contribution is 7.89. The number of H-pyrrole nitrogens is 1. The van der Waals surface area contributed by atoms with Crippen LogP contribution in [0.15, 0.2) is 41.8 Å². The van der Waals surface area contributed by atoms with Gasteiger partial charge in [0.15, 0.2) is 5.82 Å².